The van der Waals surface area contributed by atoms with Crippen LogP contribution in [0.4, 0.5) is 10.1 Å². The molecule has 0 saturated carbocycles. The zero-order valence-electron chi connectivity index (χ0n) is 27.5. The minimum absolute atomic E-state index is 0.0565. The van der Waals surface area contributed by atoms with Gasteiger partial charge in [-0.1, -0.05) is 36.4 Å². The van der Waals surface area contributed by atoms with Gasteiger partial charge in [0.2, 0.25) is 11.3 Å². The molecule has 252 valence electrons. The Morgan fingerprint density at radius 1 is 1.06 bits per heavy atom. The van der Waals surface area contributed by atoms with Crippen LogP contribution in [-0.4, -0.2) is 64.0 Å². The van der Waals surface area contributed by atoms with Crippen molar-refractivity contribution in [2.24, 2.45) is 0 Å². The van der Waals surface area contributed by atoms with Gasteiger partial charge >= 0.3 is 0 Å². The van der Waals surface area contributed by atoms with Crippen molar-refractivity contribution in [3.05, 3.63) is 124 Å². The highest BCUT2D eigenvalue weighted by molar-refractivity contribution is 6.01. The largest absolute Gasteiger partial charge is 0.451 e. The first-order valence-corrected chi connectivity index (χ1v) is 16.8. The lowest BCUT2D eigenvalue weighted by molar-refractivity contribution is -0.121. The van der Waals surface area contributed by atoms with Gasteiger partial charge in [0.1, 0.15) is 16.8 Å². The average Bonchev–Trinajstić information content (AvgIpc) is 3.77. The van der Waals surface area contributed by atoms with Gasteiger partial charge in [0.05, 0.1) is 11.1 Å². The Labute approximate surface area is 287 Å². The zero-order valence-corrected chi connectivity index (χ0v) is 27.5. The second kappa shape index (κ2) is 12.8. The van der Waals surface area contributed by atoms with Crippen LogP contribution < -0.4 is 20.4 Å². The number of H-pyrrole nitrogens is 1. The van der Waals surface area contributed by atoms with E-state index in [-0.39, 0.29) is 34.3 Å². The lowest BCUT2D eigenvalue weighted by atomic mass is 10.1. The van der Waals surface area contributed by atoms with E-state index < -0.39 is 17.2 Å². The molecule has 3 aromatic carbocycles. The van der Waals surface area contributed by atoms with Crippen LogP contribution in [0.5, 0.6) is 11.5 Å². The number of nitrogens with one attached hydrogen (secondary N) is 2. The van der Waals surface area contributed by atoms with Crippen molar-refractivity contribution in [1.82, 2.24) is 24.8 Å². The van der Waals surface area contributed by atoms with Gasteiger partial charge in [0.25, 0.3) is 5.91 Å². The summed E-state index contributed by atoms with van der Waals surface area (Å²) in [6.07, 6.45) is 7.26. The second-order valence-corrected chi connectivity index (χ2v) is 12.9. The summed E-state index contributed by atoms with van der Waals surface area (Å²) >= 11 is 0. The number of carbonyl (C=O) groups excluding carboxylic acids is 2. The van der Waals surface area contributed by atoms with Crippen LogP contribution in [-0.2, 0) is 17.6 Å². The summed E-state index contributed by atoms with van der Waals surface area (Å²) in [5.41, 5.74) is 3.58. The molecule has 1 saturated heterocycles. The van der Waals surface area contributed by atoms with Crippen LogP contribution in [0.15, 0.2) is 96.2 Å². The van der Waals surface area contributed by atoms with E-state index in [1.54, 1.807) is 23.9 Å². The van der Waals surface area contributed by atoms with Crippen molar-refractivity contribution in [3.8, 4) is 17.2 Å². The highest BCUT2D eigenvalue weighted by Gasteiger charge is 2.34. The third kappa shape index (κ3) is 5.64. The lowest BCUT2D eigenvalue weighted by Crippen LogP contribution is -2.37. The monoisotopic (exact) mass is 670 g/mol. The number of aromatic nitrogens is 3. The molecule has 2 aliphatic heterocycles. The summed E-state index contributed by atoms with van der Waals surface area (Å²) in [5.74, 6) is -0.474. The van der Waals surface area contributed by atoms with E-state index in [4.69, 9.17) is 4.74 Å². The number of carbonyl (C=O) groups is 2. The molecule has 1 atom stereocenters. The Morgan fingerprint density at radius 3 is 2.74 bits per heavy atom. The van der Waals surface area contributed by atoms with Gasteiger partial charge in [0.15, 0.2) is 17.3 Å². The van der Waals surface area contributed by atoms with Crippen molar-refractivity contribution in [1.29, 1.82) is 0 Å². The van der Waals surface area contributed by atoms with Gasteiger partial charge in [-0.3, -0.25) is 19.4 Å². The number of nitrogens with zero attached hydrogens (tertiary/aromatic N) is 4. The zero-order chi connectivity index (χ0) is 34.4. The van der Waals surface area contributed by atoms with Crippen LogP contribution >= 0.6 is 0 Å². The molecule has 8 rings (SSSR count). The highest BCUT2D eigenvalue weighted by atomic mass is 19.1. The number of para-hydroxylation sites is 3. The molecule has 10 nitrogen and oxygen atoms in total. The number of aromatic amines is 1. The predicted molar refractivity (Wildman–Crippen MR) is 190 cm³/mol. The third-order valence-corrected chi connectivity index (χ3v) is 9.68. The number of hydrogen-bond acceptors (Lipinski definition) is 6. The average molecular weight is 671 g/mol. The maximum Gasteiger partial charge on any atom is 0.259 e. The summed E-state index contributed by atoms with van der Waals surface area (Å²) in [5, 5.41) is 4.29. The molecule has 1 fully saturated rings. The molecule has 5 heterocycles. The number of fused-ring (bicyclic) bond motifs is 3. The molecule has 0 spiro atoms. The molecule has 50 heavy (non-hydrogen) atoms. The summed E-state index contributed by atoms with van der Waals surface area (Å²) in [6.45, 7) is 1.21. The predicted octanol–water partition coefficient (Wildman–Crippen LogP) is 5.75. The number of hydrogen-bond donors (Lipinski definition) is 2. The number of aryl methyl sites for hydroxylation is 1. The molecule has 11 heteroatoms. The van der Waals surface area contributed by atoms with Crippen molar-refractivity contribution in [2.75, 3.05) is 31.6 Å². The van der Waals surface area contributed by atoms with Crippen LogP contribution in [0.3, 0.4) is 0 Å². The number of anilines is 1. The Bertz CT molecular complexity index is 2340. The van der Waals surface area contributed by atoms with E-state index in [2.05, 4.69) is 15.3 Å². The fourth-order valence-corrected chi connectivity index (χ4v) is 7.11. The molecule has 2 N–H and O–H groups in total. The molecule has 0 radical (unpaired) electrons. The quantitative estimate of drug-likeness (QED) is 0.202. The Kier molecular flexibility index (Phi) is 8.02. The minimum Gasteiger partial charge on any atom is -0.451 e. The topological polar surface area (TPSA) is 113 Å². The Balaban J connectivity index is 1.06. The van der Waals surface area contributed by atoms with E-state index in [0.717, 1.165) is 22.2 Å². The second-order valence-electron chi connectivity index (χ2n) is 12.9. The third-order valence-electron chi connectivity index (χ3n) is 9.68. The maximum absolute atomic E-state index is 16.3. The van der Waals surface area contributed by atoms with Crippen LogP contribution in [0.1, 0.15) is 34.5 Å². The van der Waals surface area contributed by atoms with E-state index in [9.17, 15) is 14.4 Å². The number of likely N-dealkylation sites (N-methyl/N-ethyl adjacent to an activating group) is 1. The Morgan fingerprint density at radius 2 is 1.88 bits per heavy atom. The van der Waals surface area contributed by atoms with Crippen LogP contribution in [0.2, 0.25) is 0 Å². The first-order valence-electron chi connectivity index (χ1n) is 16.8. The van der Waals surface area contributed by atoms with E-state index in [1.165, 1.54) is 17.2 Å². The SMILES string of the molecule is CN(CCc1ccccn1)C(=O)c1cn2c3c(c(N4CCC(NC(=O)CCc5c[nH]c6ccccc56)C4)c(F)cc3c1=O)Oc1ccccc1-2. The summed E-state index contributed by atoms with van der Waals surface area (Å²) in [7, 11) is 1.64. The van der Waals surface area contributed by atoms with Crippen LogP contribution in [0.25, 0.3) is 27.5 Å². The molecule has 6 aromatic rings. The normalized spacial score (nSPS) is 14.8. The minimum atomic E-state index is -0.630. The molecule has 1 unspecified atom stereocenters. The first-order chi connectivity index (χ1) is 24.4. The maximum atomic E-state index is 16.3. The summed E-state index contributed by atoms with van der Waals surface area (Å²) in [4.78, 5) is 51.5. The summed E-state index contributed by atoms with van der Waals surface area (Å²) in [6, 6.07) is 21.9. The van der Waals surface area contributed by atoms with Crippen LogP contribution in [0, 0.1) is 5.82 Å². The van der Waals surface area contributed by atoms with E-state index in [1.807, 2.05) is 71.8 Å². The molecule has 0 aliphatic carbocycles. The number of pyridine rings is 2. The fourth-order valence-electron chi connectivity index (χ4n) is 7.11. The van der Waals surface area contributed by atoms with Crippen molar-refractivity contribution < 1.29 is 18.7 Å². The number of amides is 2. The molecule has 3 aromatic heterocycles. The van der Waals surface area contributed by atoms with Gasteiger partial charge in [-0.25, -0.2) is 4.39 Å². The Hall–Kier alpha value is -5.97. The van der Waals surface area contributed by atoms with E-state index in [0.29, 0.717) is 62.3 Å². The van der Waals surface area contributed by atoms with Gasteiger partial charge in [-0.15, -0.1) is 0 Å². The van der Waals surface area contributed by atoms with Crippen molar-refractivity contribution >= 4 is 39.3 Å². The first kappa shape index (κ1) is 31.3. The molecular weight excluding hydrogens is 635 g/mol. The van der Waals surface area contributed by atoms with Gasteiger partial charge in [0, 0.05) is 80.8 Å². The summed E-state index contributed by atoms with van der Waals surface area (Å²) < 4.78 is 24.4. The fraction of sp³-hybridized carbons (Fsp3) is 0.231. The number of rotatable bonds is 9. The van der Waals surface area contributed by atoms with E-state index >= 15 is 4.39 Å². The molecule has 2 amide bonds. The standard InChI is InChI=1S/C39H35FN6O4/c1-44(18-15-25-8-6-7-17-41-25)39(49)29-23-46-32-11-4-5-12-33(32)50-38-35(46)28(37(29)48)20-30(40)36(38)45-19-16-26(22-45)43-34(47)14-13-24-21-42-31-10-3-2-9-27(24)31/h2-12,17,20-21,23,26,42H,13-16,18-19,22H2,1H3,(H,43,47). The molecule has 2 aliphatic rings. The van der Waals surface area contributed by atoms with Crippen molar-refractivity contribution in [2.45, 2.75) is 31.7 Å². The smallest absolute Gasteiger partial charge is 0.259 e. The van der Waals surface area contributed by atoms with Gasteiger partial charge < -0.3 is 29.4 Å². The van der Waals surface area contributed by atoms with Crippen molar-refractivity contribution in [3.63, 3.8) is 0 Å². The van der Waals surface area contributed by atoms with Gasteiger partial charge in [-0.05, 0) is 54.8 Å². The molecule has 0 bridgehead atoms. The number of ether oxygens (including phenoxy) is 1. The molecular formula is C39H35FN6O4. The number of benzene rings is 3. The highest BCUT2D eigenvalue weighted by Crippen LogP contribution is 2.47. The number of halogens is 1. The lowest BCUT2D eigenvalue weighted by Gasteiger charge is -2.29. The van der Waals surface area contributed by atoms with Gasteiger partial charge in [-0.2, -0.15) is 0 Å².